The Kier molecular flexibility index (Phi) is 9.44. The number of benzene rings is 2. The summed E-state index contributed by atoms with van der Waals surface area (Å²) >= 11 is 0. The van der Waals surface area contributed by atoms with Crippen LogP contribution in [0.5, 0.6) is 0 Å². The van der Waals surface area contributed by atoms with Gasteiger partial charge in [0.15, 0.2) is 0 Å². The second-order valence-electron chi connectivity index (χ2n) is 6.92. The van der Waals surface area contributed by atoms with Gasteiger partial charge in [0.05, 0.1) is 0 Å². The van der Waals surface area contributed by atoms with Crippen molar-refractivity contribution in [3.8, 4) is 0 Å². The Balaban J connectivity index is 2.14. The number of rotatable bonds is 12. The predicted molar refractivity (Wildman–Crippen MR) is 113 cm³/mol. The molecular weight excluding hydrogens is 316 g/mol. The highest BCUT2D eigenvalue weighted by Gasteiger charge is 2.20. The molecule has 141 valence electrons. The lowest BCUT2D eigenvalue weighted by Crippen LogP contribution is -2.32. The summed E-state index contributed by atoms with van der Waals surface area (Å²) in [6, 6.07) is 23.3. The lowest BCUT2D eigenvalue weighted by atomic mass is 10.0. The maximum atomic E-state index is 2.61. The number of hydrogen-bond acceptors (Lipinski definition) is 2. The zero-order valence-electron chi connectivity index (χ0n) is 16.8. The Hall–Kier alpha value is -1.64. The molecule has 0 atom stereocenters. The normalized spacial score (nSPS) is 11.6. The molecule has 0 aliphatic carbocycles. The topological polar surface area (TPSA) is 6.48 Å². The molecule has 0 amide bonds. The lowest BCUT2D eigenvalue weighted by molar-refractivity contribution is 0.215. The van der Waals surface area contributed by atoms with Crippen LogP contribution in [0.1, 0.15) is 51.2 Å². The van der Waals surface area contributed by atoms with Gasteiger partial charge in [0.25, 0.3) is 0 Å². The second kappa shape index (κ2) is 11.9. The van der Waals surface area contributed by atoms with Crippen LogP contribution in [0, 0.1) is 6.04 Å². The van der Waals surface area contributed by atoms with Gasteiger partial charge >= 0.3 is 0 Å². The molecule has 0 bridgehead atoms. The van der Waals surface area contributed by atoms with Gasteiger partial charge in [-0.1, -0.05) is 87.9 Å². The summed E-state index contributed by atoms with van der Waals surface area (Å²) in [4.78, 5) is 5.14. The Morgan fingerprint density at radius 1 is 0.692 bits per heavy atom. The minimum absolute atomic E-state index is 0.989. The smallest absolute Gasteiger partial charge is 0.0413 e. The Labute approximate surface area is 160 Å². The van der Waals surface area contributed by atoms with Gasteiger partial charge in [-0.25, -0.2) is 0 Å². The monoisotopic (exact) mass is 351 g/mol. The first-order chi connectivity index (χ1) is 12.8. The zero-order valence-corrected chi connectivity index (χ0v) is 16.8. The van der Waals surface area contributed by atoms with Crippen molar-refractivity contribution < 1.29 is 0 Å². The van der Waals surface area contributed by atoms with Gasteiger partial charge < -0.3 is 4.90 Å². The van der Waals surface area contributed by atoms with Crippen molar-refractivity contribution in [3.63, 3.8) is 0 Å². The highest BCUT2D eigenvalue weighted by Crippen LogP contribution is 2.25. The Morgan fingerprint density at radius 2 is 1.19 bits per heavy atom. The van der Waals surface area contributed by atoms with Crippen LogP contribution in [0.3, 0.4) is 0 Å². The van der Waals surface area contributed by atoms with E-state index in [0.29, 0.717) is 0 Å². The van der Waals surface area contributed by atoms with Crippen LogP contribution in [0.4, 0.5) is 0 Å². The summed E-state index contributed by atoms with van der Waals surface area (Å²) in [7, 11) is 0. The molecule has 0 aromatic heterocycles. The molecule has 2 heteroatoms. The van der Waals surface area contributed by atoms with Crippen molar-refractivity contribution in [1.82, 2.24) is 9.80 Å². The molecule has 0 spiro atoms. The van der Waals surface area contributed by atoms with Gasteiger partial charge in [0.2, 0.25) is 0 Å². The van der Waals surface area contributed by atoms with Crippen molar-refractivity contribution in [2.75, 3.05) is 19.6 Å². The summed E-state index contributed by atoms with van der Waals surface area (Å²) < 4.78 is 0. The maximum Gasteiger partial charge on any atom is 0.0413 e. The van der Waals surface area contributed by atoms with Gasteiger partial charge in [-0.15, -0.1) is 0 Å². The van der Waals surface area contributed by atoms with Crippen LogP contribution in [0.25, 0.3) is 0 Å². The fourth-order valence-corrected chi connectivity index (χ4v) is 3.44. The van der Waals surface area contributed by atoms with Crippen LogP contribution in [0.15, 0.2) is 60.7 Å². The standard InChI is InChI=1S/C24H35N2/c1-4-13-24(18-19-25(5-2)6-3)26(20-22-14-9-7-10-15-22)21-23-16-11-8-12-17-23/h7-12,14-17H,4-6,13,18-21H2,1-3H3. The molecule has 2 aromatic rings. The van der Waals surface area contributed by atoms with Gasteiger partial charge in [-0.3, -0.25) is 4.90 Å². The molecular formula is C24H35N2. The van der Waals surface area contributed by atoms with Crippen molar-refractivity contribution >= 4 is 0 Å². The Morgan fingerprint density at radius 3 is 1.62 bits per heavy atom. The lowest BCUT2D eigenvalue weighted by Gasteiger charge is -2.33. The number of nitrogens with zero attached hydrogens (tertiary/aromatic N) is 2. The van der Waals surface area contributed by atoms with Crippen molar-refractivity contribution in [2.24, 2.45) is 0 Å². The Bertz CT molecular complexity index is 536. The highest BCUT2D eigenvalue weighted by molar-refractivity contribution is 5.18. The van der Waals surface area contributed by atoms with Gasteiger partial charge in [0.1, 0.15) is 0 Å². The molecule has 2 rings (SSSR count). The van der Waals surface area contributed by atoms with E-state index in [2.05, 4.69) is 91.2 Å². The molecule has 0 N–H and O–H groups in total. The molecule has 0 fully saturated rings. The van der Waals surface area contributed by atoms with Gasteiger partial charge in [-0.2, -0.15) is 0 Å². The molecule has 0 unspecified atom stereocenters. The summed E-state index contributed by atoms with van der Waals surface area (Å²) in [6.07, 6.45) is 3.55. The van der Waals surface area contributed by atoms with E-state index in [1.165, 1.54) is 24.0 Å². The zero-order chi connectivity index (χ0) is 18.6. The fraction of sp³-hybridized carbons (Fsp3) is 0.458. The van der Waals surface area contributed by atoms with E-state index in [4.69, 9.17) is 0 Å². The molecule has 0 aliphatic rings. The summed E-state index contributed by atoms with van der Waals surface area (Å²) in [5, 5.41) is 0. The van der Waals surface area contributed by atoms with E-state index in [1.807, 2.05) is 0 Å². The minimum atomic E-state index is 0.989. The second-order valence-corrected chi connectivity index (χ2v) is 6.92. The summed E-state index contributed by atoms with van der Waals surface area (Å²) in [6.45, 7) is 12.2. The van der Waals surface area contributed by atoms with Crippen LogP contribution < -0.4 is 0 Å². The summed E-state index contributed by atoms with van der Waals surface area (Å²) in [5.74, 6) is 0. The number of hydrogen-bond donors (Lipinski definition) is 0. The molecule has 1 radical (unpaired) electrons. The molecule has 2 nitrogen and oxygen atoms in total. The summed E-state index contributed by atoms with van der Waals surface area (Å²) in [5.41, 5.74) is 2.78. The van der Waals surface area contributed by atoms with Crippen LogP contribution in [-0.2, 0) is 13.1 Å². The minimum Gasteiger partial charge on any atom is -0.304 e. The van der Waals surface area contributed by atoms with Crippen molar-refractivity contribution in [3.05, 3.63) is 77.8 Å². The SMILES string of the molecule is CCC[C](CCN(CC)CC)N(Cc1ccccc1)Cc1ccccc1. The largest absolute Gasteiger partial charge is 0.304 e. The van der Waals surface area contributed by atoms with Gasteiger partial charge in [-0.05, 0) is 43.6 Å². The molecule has 26 heavy (non-hydrogen) atoms. The average Bonchev–Trinajstić information content (AvgIpc) is 2.69. The third-order valence-electron chi connectivity index (χ3n) is 5.03. The molecule has 0 heterocycles. The van der Waals surface area contributed by atoms with Crippen LogP contribution >= 0.6 is 0 Å². The molecule has 2 aromatic carbocycles. The van der Waals surface area contributed by atoms with E-state index >= 15 is 0 Å². The van der Waals surface area contributed by atoms with E-state index in [0.717, 1.165) is 39.1 Å². The third-order valence-corrected chi connectivity index (χ3v) is 5.03. The maximum absolute atomic E-state index is 2.61. The highest BCUT2D eigenvalue weighted by atomic mass is 15.2. The molecule has 0 saturated heterocycles. The van der Waals surface area contributed by atoms with E-state index < -0.39 is 0 Å². The van der Waals surface area contributed by atoms with E-state index in [-0.39, 0.29) is 0 Å². The van der Waals surface area contributed by atoms with Crippen LogP contribution in [-0.4, -0.2) is 29.4 Å². The van der Waals surface area contributed by atoms with Gasteiger partial charge in [0, 0.05) is 19.1 Å². The quantitative estimate of drug-likeness (QED) is 0.480. The first kappa shape index (κ1) is 20.7. The predicted octanol–water partition coefficient (Wildman–Crippen LogP) is 5.75. The van der Waals surface area contributed by atoms with E-state index in [9.17, 15) is 0 Å². The van der Waals surface area contributed by atoms with Crippen molar-refractivity contribution in [1.29, 1.82) is 0 Å². The first-order valence-electron chi connectivity index (χ1n) is 10.2. The van der Waals surface area contributed by atoms with Crippen molar-refractivity contribution in [2.45, 2.75) is 53.1 Å². The average molecular weight is 352 g/mol. The fourth-order valence-electron chi connectivity index (χ4n) is 3.44. The molecule has 0 saturated carbocycles. The third kappa shape index (κ3) is 6.93. The van der Waals surface area contributed by atoms with Crippen LogP contribution in [0.2, 0.25) is 0 Å². The first-order valence-corrected chi connectivity index (χ1v) is 10.2. The molecule has 0 aliphatic heterocycles. The van der Waals surface area contributed by atoms with E-state index in [1.54, 1.807) is 6.04 Å².